The molecule has 10 heteroatoms. The predicted octanol–water partition coefficient (Wildman–Crippen LogP) is 6.63. The molecule has 0 fully saturated rings. The molecule has 1 atom stereocenters. The van der Waals surface area contributed by atoms with Crippen LogP contribution in [0, 0.1) is 5.82 Å². The van der Waals surface area contributed by atoms with Crippen molar-refractivity contribution in [2.24, 2.45) is 0 Å². The molecular formula is C27H13Cl2FN4O3. The summed E-state index contributed by atoms with van der Waals surface area (Å²) in [5, 5.41) is 5.94. The van der Waals surface area contributed by atoms with Gasteiger partial charge in [-0.2, -0.15) is 0 Å². The third-order valence-electron chi connectivity index (χ3n) is 6.34. The maximum atomic E-state index is 13.5. The first-order chi connectivity index (χ1) is 18.0. The molecule has 0 N–H and O–H groups in total. The van der Waals surface area contributed by atoms with Crippen LogP contribution in [-0.4, -0.2) is 19.6 Å². The normalized spacial score (nSPS) is 14.4. The van der Waals surface area contributed by atoms with Gasteiger partial charge in [0.1, 0.15) is 17.7 Å². The molecule has 7 rings (SSSR count). The van der Waals surface area contributed by atoms with Crippen molar-refractivity contribution < 1.29 is 13.5 Å². The Hall–Kier alpha value is -4.27. The van der Waals surface area contributed by atoms with Crippen LogP contribution in [0.5, 0.6) is 11.6 Å². The minimum absolute atomic E-state index is 0.254. The molecule has 0 saturated heterocycles. The van der Waals surface area contributed by atoms with Crippen molar-refractivity contribution >= 4 is 39.8 Å². The lowest BCUT2D eigenvalue weighted by molar-refractivity contribution is 0.422. The van der Waals surface area contributed by atoms with Crippen molar-refractivity contribution in [2.75, 3.05) is 0 Å². The summed E-state index contributed by atoms with van der Waals surface area (Å²) in [5.41, 5.74) is 2.18. The Morgan fingerprint density at radius 3 is 2.59 bits per heavy atom. The van der Waals surface area contributed by atoms with Crippen LogP contribution in [0.3, 0.4) is 0 Å². The molecule has 7 nitrogen and oxygen atoms in total. The molecule has 37 heavy (non-hydrogen) atoms. The van der Waals surface area contributed by atoms with Gasteiger partial charge in [-0.15, -0.1) is 5.10 Å². The van der Waals surface area contributed by atoms with Gasteiger partial charge < -0.3 is 9.15 Å². The van der Waals surface area contributed by atoms with Gasteiger partial charge in [0.05, 0.1) is 22.4 Å². The highest BCUT2D eigenvalue weighted by molar-refractivity contribution is 6.35. The van der Waals surface area contributed by atoms with E-state index in [9.17, 15) is 9.18 Å². The van der Waals surface area contributed by atoms with Gasteiger partial charge in [-0.25, -0.2) is 23.7 Å². The van der Waals surface area contributed by atoms with Crippen LogP contribution in [0.1, 0.15) is 22.6 Å². The van der Waals surface area contributed by atoms with E-state index in [0.29, 0.717) is 54.9 Å². The van der Waals surface area contributed by atoms with Gasteiger partial charge >= 0.3 is 5.63 Å². The largest absolute Gasteiger partial charge is 0.437 e. The molecule has 180 valence electrons. The van der Waals surface area contributed by atoms with Gasteiger partial charge in [-0.1, -0.05) is 41.4 Å². The monoisotopic (exact) mass is 530 g/mol. The summed E-state index contributed by atoms with van der Waals surface area (Å²) in [6.07, 6.45) is 1.48. The topological polar surface area (TPSA) is 82.5 Å². The molecule has 1 unspecified atom stereocenters. The van der Waals surface area contributed by atoms with Gasteiger partial charge in [-0.3, -0.25) is 0 Å². The van der Waals surface area contributed by atoms with Gasteiger partial charge in [-0.05, 0) is 54.1 Å². The maximum Gasteiger partial charge on any atom is 0.344 e. The van der Waals surface area contributed by atoms with E-state index in [-0.39, 0.29) is 17.3 Å². The lowest BCUT2D eigenvalue weighted by Gasteiger charge is -2.27. The minimum atomic E-state index is -0.745. The van der Waals surface area contributed by atoms with E-state index in [4.69, 9.17) is 37.3 Å². The summed E-state index contributed by atoms with van der Waals surface area (Å²) in [7, 11) is 0. The number of aromatic nitrogens is 4. The number of benzene rings is 3. The number of ether oxygens (including phenoxy) is 1. The van der Waals surface area contributed by atoms with E-state index in [2.05, 4.69) is 10.1 Å². The van der Waals surface area contributed by atoms with Crippen LogP contribution in [0.4, 0.5) is 4.39 Å². The lowest BCUT2D eigenvalue weighted by atomic mass is 9.84. The summed E-state index contributed by atoms with van der Waals surface area (Å²) in [6.45, 7) is 0. The number of hydrogen-bond acceptors (Lipinski definition) is 6. The fourth-order valence-corrected chi connectivity index (χ4v) is 5.21. The van der Waals surface area contributed by atoms with Crippen molar-refractivity contribution in [2.45, 2.75) is 5.92 Å². The Morgan fingerprint density at radius 1 is 0.973 bits per heavy atom. The summed E-state index contributed by atoms with van der Waals surface area (Å²) in [6, 6.07) is 18.0. The van der Waals surface area contributed by atoms with Crippen LogP contribution in [-0.2, 0) is 0 Å². The highest BCUT2D eigenvalue weighted by atomic mass is 35.5. The molecule has 3 aromatic heterocycles. The molecule has 0 bridgehead atoms. The molecule has 0 amide bonds. The number of fused-ring (bicyclic) bond motifs is 6. The van der Waals surface area contributed by atoms with Crippen molar-refractivity contribution in [1.29, 1.82) is 0 Å². The van der Waals surface area contributed by atoms with Crippen LogP contribution in [0.15, 0.2) is 82.3 Å². The average molecular weight is 531 g/mol. The van der Waals surface area contributed by atoms with Gasteiger partial charge in [0.2, 0.25) is 5.88 Å². The molecule has 1 aliphatic heterocycles. The molecule has 0 aliphatic carbocycles. The average Bonchev–Trinajstić information content (AvgIpc) is 3.33. The van der Waals surface area contributed by atoms with Crippen molar-refractivity contribution in [3.05, 3.63) is 116 Å². The third kappa shape index (κ3) is 3.41. The fourth-order valence-electron chi connectivity index (χ4n) is 4.70. The second kappa shape index (κ2) is 8.12. The fraction of sp³-hybridized carbons (Fsp3) is 0.0370. The van der Waals surface area contributed by atoms with Crippen LogP contribution < -0.4 is 10.4 Å². The van der Waals surface area contributed by atoms with Gasteiger partial charge in [0.15, 0.2) is 17.2 Å². The summed E-state index contributed by atoms with van der Waals surface area (Å²) < 4.78 is 26.9. The van der Waals surface area contributed by atoms with E-state index in [0.717, 1.165) is 0 Å². The van der Waals surface area contributed by atoms with Crippen LogP contribution in [0.2, 0.25) is 10.0 Å². The van der Waals surface area contributed by atoms with E-state index in [1.807, 2.05) is 12.1 Å². The number of halogens is 3. The number of nitrogens with zero attached hydrogens (tertiary/aromatic N) is 4. The molecule has 0 saturated carbocycles. The van der Waals surface area contributed by atoms with E-state index < -0.39 is 11.5 Å². The summed E-state index contributed by atoms with van der Waals surface area (Å²) in [4.78, 5) is 22.7. The Bertz CT molecular complexity index is 1940. The molecule has 6 aromatic rings. The lowest BCUT2D eigenvalue weighted by Crippen LogP contribution is -2.22. The molecule has 1 aliphatic rings. The van der Waals surface area contributed by atoms with E-state index in [1.54, 1.807) is 42.5 Å². The molecule has 4 heterocycles. The number of para-hydroxylation sites is 1. The highest BCUT2D eigenvalue weighted by Crippen LogP contribution is 2.50. The van der Waals surface area contributed by atoms with Crippen molar-refractivity contribution in [1.82, 2.24) is 19.6 Å². The van der Waals surface area contributed by atoms with Crippen molar-refractivity contribution in [3.8, 4) is 23.0 Å². The summed E-state index contributed by atoms with van der Waals surface area (Å²) in [5.74, 6) is -0.165. The van der Waals surface area contributed by atoms with Gasteiger partial charge in [0.25, 0.3) is 0 Å². The van der Waals surface area contributed by atoms with Crippen LogP contribution >= 0.6 is 23.2 Å². The second-order valence-electron chi connectivity index (χ2n) is 8.50. The standard InChI is InChI=1S/C27H13Cl2FN4O3/c28-14-7-10-16(18(29)11-14)20-21-23(17-3-1-2-4-19(17)36-27(21)35)37-26-22(20)25-32-24(33-34(25)12-31-26)13-5-8-15(30)9-6-13/h1-12,20H. The van der Waals surface area contributed by atoms with Crippen LogP contribution in [0.25, 0.3) is 28.0 Å². The highest BCUT2D eigenvalue weighted by Gasteiger charge is 2.38. The molecular weight excluding hydrogens is 518 g/mol. The first-order valence-corrected chi connectivity index (χ1v) is 11.9. The summed E-state index contributed by atoms with van der Waals surface area (Å²) >= 11 is 12.9. The second-order valence-corrected chi connectivity index (χ2v) is 9.35. The zero-order valence-electron chi connectivity index (χ0n) is 18.7. The Kier molecular flexibility index (Phi) is 4.82. The molecule has 3 aromatic carbocycles. The quantitative estimate of drug-likeness (QED) is 0.233. The first kappa shape index (κ1) is 22.0. The number of rotatable bonds is 2. The Morgan fingerprint density at radius 2 is 1.78 bits per heavy atom. The Balaban J connectivity index is 1.56. The molecule has 0 spiro atoms. The van der Waals surface area contributed by atoms with Gasteiger partial charge in [0, 0.05) is 15.6 Å². The smallest absolute Gasteiger partial charge is 0.344 e. The number of hydrogen-bond donors (Lipinski definition) is 0. The Labute approximate surface area is 217 Å². The van der Waals surface area contributed by atoms with E-state index in [1.165, 1.54) is 23.0 Å². The SMILES string of the molecule is O=c1oc2ccccc2c2c1C(c1ccc(Cl)cc1Cl)c1c(ncn3nc(-c4ccc(F)cc4)nc13)O2. The maximum absolute atomic E-state index is 13.5. The van der Waals surface area contributed by atoms with E-state index >= 15 is 0 Å². The zero-order valence-corrected chi connectivity index (χ0v) is 20.2. The zero-order chi connectivity index (χ0) is 25.3. The minimum Gasteiger partial charge on any atom is -0.437 e. The molecule has 0 radical (unpaired) electrons. The van der Waals surface area contributed by atoms with Crippen molar-refractivity contribution in [3.63, 3.8) is 0 Å². The third-order valence-corrected chi connectivity index (χ3v) is 6.90. The first-order valence-electron chi connectivity index (χ1n) is 11.2. The predicted molar refractivity (Wildman–Crippen MR) is 136 cm³/mol.